The van der Waals surface area contributed by atoms with Crippen LogP contribution in [0.4, 0.5) is 4.39 Å². The molecule has 0 fully saturated rings. The first-order chi connectivity index (χ1) is 9.72. The lowest BCUT2D eigenvalue weighted by Crippen LogP contribution is -2.10. The summed E-state index contributed by atoms with van der Waals surface area (Å²) in [5.41, 5.74) is 0.458. The fraction of sp³-hybridized carbons (Fsp3) is 0.0625. The number of rotatable bonds is 2. The molecule has 20 heavy (non-hydrogen) atoms. The van der Waals surface area contributed by atoms with Gasteiger partial charge in [-0.3, -0.25) is 4.79 Å². The number of aliphatic hydroxyl groups excluding tert-OH is 1. The van der Waals surface area contributed by atoms with Crippen molar-refractivity contribution in [3.63, 3.8) is 0 Å². The Kier molecular flexibility index (Phi) is 3.08. The SMILES string of the molecule is O=c1c(-c2ccccc2)c(CO)oc2cccc(F)c12. The molecule has 1 N–H and O–H groups in total. The van der Waals surface area contributed by atoms with E-state index in [-0.39, 0.29) is 22.3 Å². The van der Waals surface area contributed by atoms with Gasteiger partial charge in [0.1, 0.15) is 29.2 Å². The van der Waals surface area contributed by atoms with Crippen LogP contribution >= 0.6 is 0 Å². The van der Waals surface area contributed by atoms with Gasteiger partial charge in [0.15, 0.2) is 0 Å². The molecule has 0 radical (unpaired) electrons. The van der Waals surface area contributed by atoms with E-state index < -0.39 is 17.9 Å². The summed E-state index contributed by atoms with van der Waals surface area (Å²) in [7, 11) is 0. The van der Waals surface area contributed by atoms with Crippen LogP contribution in [0.1, 0.15) is 5.76 Å². The standard InChI is InChI=1S/C16H11FO3/c17-11-7-4-8-12-15(11)16(19)14(13(9-18)20-12)10-5-2-1-3-6-10/h1-8,18H,9H2. The van der Waals surface area contributed by atoms with Gasteiger partial charge >= 0.3 is 0 Å². The molecule has 3 rings (SSSR count). The smallest absolute Gasteiger partial charge is 0.203 e. The monoisotopic (exact) mass is 270 g/mol. The van der Waals surface area contributed by atoms with Crippen molar-refractivity contribution >= 4 is 11.0 Å². The predicted molar refractivity (Wildman–Crippen MR) is 73.8 cm³/mol. The van der Waals surface area contributed by atoms with Gasteiger partial charge in [-0.2, -0.15) is 0 Å². The highest BCUT2D eigenvalue weighted by Crippen LogP contribution is 2.25. The molecule has 0 atom stereocenters. The van der Waals surface area contributed by atoms with Crippen LogP contribution in [0.5, 0.6) is 0 Å². The predicted octanol–water partition coefficient (Wildman–Crippen LogP) is 3.09. The van der Waals surface area contributed by atoms with Crippen LogP contribution in [-0.2, 0) is 6.61 Å². The number of aliphatic hydroxyl groups is 1. The van der Waals surface area contributed by atoms with E-state index in [2.05, 4.69) is 0 Å². The number of fused-ring (bicyclic) bond motifs is 1. The normalized spacial score (nSPS) is 10.9. The van der Waals surface area contributed by atoms with Crippen molar-refractivity contribution in [1.82, 2.24) is 0 Å². The molecule has 3 nitrogen and oxygen atoms in total. The average Bonchev–Trinajstić information content (AvgIpc) is 2.47. The van der Waals surface area contributed by atoms with Crippen molar-refractivity contribution in [2.75, 3.05) is 0 Å². The van der Waals surface area contributed by atoms with Gasteiger partial charge in [0.05, 0.1) is 5.56 Å². The van der Waals surface area contributed by atoms with E-state index in [4.69, 9.17) is 4.42 Å². The highest BCUT2D eigenvalue weighted by molar-refractivity contribution is 5.83. The first kappa shape index (κ1) is 12.6. The third-order valence-corrected chi connectivity index (χ3v) is 3.15. The van der Waals surface area contributed by atoms with Gasteiger partial charge in [0.25, 0.3) is 0 Å². The van der Waals surface area contributed by atoms with Gasteiger partial charge in [-0.1, -0.05) is 36.4 Å². The van der Waals surface area contributed by atoms with Crippen LogP contribution in [0, 0.1) is 5.82 Å². The molecular weight excluding hydrogens is 259 g/mol. The van der Waals surface area contributed by atoms with Crippen LogP contribution in [0.3, 0.4) is 0 Å². The van der Waals surface area contributed by atoms with Crippen LogP contribution in [0.15, 0.2) is 57.7 Å². The molecule has 4 heteroatoms. The number of benzene rings is 2. The lowest BCUT2D eigenvalue weighted by atomic mass is 10.0. The summed E-state index contributed by atoms with van der Waals surface area (Å²) in [5.74, 6) is -0.489. The molecule has 1 aromatic heterocycles. The van der Waals surface area contributed by atoms with E-state index in [0.717, 1.165) is 0 Å². The van der Waals surface area contributed by atoms with Crippen LogP contribution < -0.4 is 5.43 Å². The summed E-state index contributed by atoms with van der Waals surface area (Å²) in [6.45, 7) is -0.425. The number of hydrogen-bond donors (Lipinski definition) is 1. The minimum Gasteiger partial charge on any atom is -0.458 e. The lowest BCUT2D eigenvalue weighted by Gasteiger charge is -2.08. The second kappa shape index (κ2) is 4.90. The Bertz CT molecular complexity index is 822. The molecule has 0 saturated heterocycles. The third-order valence-electron chi connectivity index (χ3n) is 3.15. The molecule has 0 saturated carbocycles. The van der Waals surface area contributed by atoms with Crippen LogP contribution in [0.25, 0.3) is 22.1 Å². The third kappa shape index (κ3) is 1.90. The Hall–Kier alpha value is -2.46. The molecule has 0 aliphatic rings. The number of hydrogen-bond acceptors (Lipinski definition) is 3. The molecule has 0 unspecified atom stereocenters. The summed E-state index contributed by atoms with van der Waals surface area (Å²) in [5, 5.41) is 9.31. The van der Waals surface area contributed by atoms with E-state index in [1.807, 2.05) is 6.07 Å². The average molecular weight is 270 g/mol. The van der Waals surface area contributed by atoms with Gasteiger partial charge in [0.2, 0.25) is 5.43 Å². The minimum absolute atomic E-state index is 0.0939. The van der Waals surface area contributed by atoms with Gasteiger partial charge < -0.3 is 9.52 Å². The van der Waals surface area contributed by atoms with Crippen molar-refractivity contribution in [3.05, 3.63) is 70.3 Å². The topological polar surface area (TPSA) is 50.4 Å². The van der Waals surface area contributed by atoms with Gasteiger partial charge in [-0.25, -0.2) is 4.39 Å². The fourth-order valence-corrected chi connectivity index (χ4v) is 2.25. The van der Waals surface area contributed by atoms with Crippen molar-refractivity contribution in [1.29, 1.82) is 0 Å². The van der Waals surface area contributed by atoms with Crippen molar-refractivity contribution in [2.24, 2.45) is 0 Å². The van der Waals surface area contributed by atoms with Gasteiger partial charge in [0, 0.05) is 0 Å². The summed E-state index contributed by atoms with van der Waals surface area (Å²) in [4.78, 5) is 12.5. The summed E-state index contributed by atoms with van der Waals surface area (Å²) >= 11 is 0. The van der Waals surface area contributed by atoms with Crippen LogP contribution in [0.2, 0.25) is 0 Å². The maximum absolute atomic E-state index is 13.9. The quantitative estimate of drug-likeness (QED) is 0.778. The second-order valence-corrected chi connectivity index (χ2v) is 4.37. The van der Waals surface area contributed by atoms with E-state index in [9.17, 15) is 14.3 Å². The van der Waals surface area contributed by atoms with Crippen molar-refractivity contribution in [3.8, 4) is 11.1 Å². The summed E-state index contributed by atoms with van der Waals surface area (Å²) < 4.78 is 19.3. The maximum Gasteiger partial charge on any atom is 0.203 e. The Morgan fingerprint density at radius 3 is 2.50 bits per heavy atom. The molecule has 100 valence electrons. The first-order valence-corrected chi connectivity index (χ1v) is 6.13. The van der Waals surface area contributed by atoms with Crippen molar-refractivity contribution < 1.29 is 13.9 Å². The summed E-state index contributed by atoms with van der Waals surface area (Å²) in [6.07, 6.45) is 0. The molecule has 1 heterocycles. The molecule has 0 aliphatic carbocycles. The van der Waals surface area contributed by atoms with E-state index in [0.29, 0.717) is 5.56 Å². The highest BCUT2D eigenvalue weighted by atomic mass is 19.1. The van der Waals surface area contributed by atoms with Gasteiger partial charge in [-0.05, 0) is 17.7 Å². The molecule has 0 amide bonds. The first-order valence-electron chi connectivity index (χ1n) is 6.13. The molecular formula is C16H11FO3. The largest absolute Gasteiger partial charge is 0.458 e. The Balaban J connectivity index is 2.45. The molecule has 0 spiro atoms. The zero-order valence-corrected chi connectivity index (χ0v) is 10.5. The minimum atomic E-state index is -0.627. The van der Waals surface area contributed by atoms with Crippen molar-refractivity contribution in [2.45, 2.75) is 6.61 Å². The lowest BCUT2D eigenvalue weighted by molar-refractivity contribution is 0.249. The zero-order valence-electron chi connectivity index (χ0n) is 10.5. The zero-order chi connectivity index (χ0) is 14.1. The molecule has 3 aromatic rings. The number of halogens is 1. The molecule has 2 aromatic carbocycles. The van der Waals surface area contributed by atoms with Gasteiger partial charge in [-0.15, -0.1) is 0 Å². The highest BCUT2D eigenvalue weighted by Gasteiger charge is 2.17. The molecule has 0 aliphatic heterocycles. The Morgan fingerprint density at radius 1 is 1.05 bits per heavy atom. The summed E-state index contributed by atoms with van der Waals surface area (Å²) in [6, 6.07) is 13.0. The van der Waals surface area contributed by atoms with E-state index in [1.54, 1.807) is 24.3 Å². The van der Waals surface area contributed by atoms with E-state index >= 15 is 0 Å². The van der Waals surface area contributed by atoms with E-state index in [1.165, 1.54) is 18.2 Å². The Morgan fingerprint density at radius 2 is 1.80 bits per heavy atom. The van der Waals surface area contributed by atoms with Crippen LogP contribution in [-0.4, -0.2) is 5.11 Å². The Labute approximate surface area is 113 Å². The molecule has 0 bridgehead atoms. The maximum atomic E-state index is 13.9. The second-order valence-electron chi connectivity index (χ2n) is 4.37. The fourth-order valence-electron chi connectivity index (χ4n) is 2.25.